The molecule has 0 aromatic carbocycles. The van der Waals surface area contributed by atoms with Crippen LogP contribution in [0.4, 0.5) is 0 Å². The Morgan fingerprint density at radius 1 is 1.18 bits per heavy atom. The second kappa shape index (κ2) is 4.50. The van der Waals surface area contributed by atoms with Gasteiger partial charge in [-0.25, -0.2) is 0 Å². The molecule has 0 aromatic heterocycles. The maximum absolute atomic E-state index is 6.01. The van der Waals surface area contributed by atoms with E-state index in [0.29, 0.717) is 6.10 Å². The zero-order chi connectivity index (χ0) is 11.9. The maximum Gasteiger partial charge on any atom is 0.0607 e. The van der Waals surface area contributed by atoms with Crippen LogP contribution in [0.2, 0.25) is 0 Å². The molecule has 0 bridgehead atoms. The topological polar surface area (TPSA) is 41.7 Å². The maximum atomic E-state index is 6.01. The van der Waals surface area contributed by atoms with Crippen LogP contribution >= 0.6 is 0 Å². The van der Waals surface area contributed by atoms with Crippen molar-refractivity contribution >= 4 is 0 Å². The van der Waals surface area contributed by atoms with Crippen molar-refractivity contribution in [1.29, 1.82) is 0 Å². The third kappa shape index (κ3) is 2.12. The predicted octanol–water partition coefficient (Wildman–Crippen LogP) is 0.273. The van der Waals surface area contributed by atoms with Crippen molar-refractivity contribution in [3.8, 4) is 0 Å². The van der Waals surface area contributed by atoms with Crippen LogP contribution in [0.5, 0.6) is 0 Å². The van der Waals surface area contributed by atoms with E-state index in [1.54, 1.807) is 0 Å². The summed E-state index contributed by atoms with van der Waals surface area (Å²) >= 11 is 0. The Hall–Kier alpha value is -0.160. The molecule has 0 spiro atoms. The van der Waals surface area contributed by atoms with Gasteiger partial charge in [-0.2, -0.15) is 0 Å². The van der Waals surface area contributed by atoms with E-state index in [2.05, 4.69) is 9.80 Å². The molecular weight excluding hydrogens is 214 g/mol. The van der Waals surface area contributed by atoms with Gasteiger partial charge >= 0.3 is 0 Å². The first-order valence-electron chi connectivity index (χ1n) is 6.99. The SMILES string of the molecule is COC1CC(CN)(N2CCN(C3CC3)CC2)C1. The number of hydrogen-bond donors (Lipinski definition) is 1. The predicted molar refractivity (Wildman–Crippen MR) is 68.0 cm³/mol. The van der Waals surface area contributed by atoms with Gasteiger partial charge in [-0.1, -0.05) is 0 Å². The number of rotatable bonds is 4. The number of ether oxygens (including phenoxy) is 1. The lowest BCUT2D eigenvalue weighted by Crippen LogP contribution is -2.67. The van der Waals surface area contributed by atoms with E-state index in [0.717, 1.165) is 25.4 Å². The van der Waals surface area contributed by atoms with Crippen molar-refractivity contribution in [2.24, 2.45) is 5.73 Å². The Kier molecular flexibility index (Phi) is 3.15. The fourth-order valence-electron chi connectivity index (χ4n) is 3.51. The number of piperazine rings is 1. The molecule has 98 valence electrons. The molecule has 2 saturated carbocycles. The number of methoxy groups -OCH3 is 1. The van der Waals surface area contributed by atoms with Crippen LogP contribution in [-0.4, -0.2) is 67.3 Å². The molecule has 3 rings (SSSR count). The standard InChI is InChI=1S/C13H25N3O/c1-17-12-8-13(9-12,10-14)16-6-4-15(5-7-16)11-2-3-11/h11-12H,2-10,14H2,1H3. The number of nitrogens with two attached hydrogens (primary N) is 1. The summed E-state index contributed by atoms with van der Waals surface area (Å²) in [5.74, 6) is 0. The van der Waals surface area contributed by atoms with E-state index in [9.17, 15) is 0 Å². The summed E-state index contributed by atoms with van der Waals surface area (Å²) in [6, 6.07) is 0.916. The minimum Gasteiger partial charge on any atom is -0.381 e. The second-order valence-electron chi connectivity index (χ2n) is 5.95. The fourth-order valence-corrected chi connectivity index (χ4v) is 3.51. The van der Waals surface area contributed by atoms with E-state index in [-0.39, 0.29) is 5.54 Å². The largest absolute Gasteiger partial charge is 0.381 e. The molecule has 2 aliphatic carbocycles. The van der Waals surface area contributed by atoms with Gasteiger partial charge in [0.15, 0.2) is 0 Å². The summed E-state index contributed by atoms with van der Waals surface area (Å²) in [5, 5.41) is 0. The summed E-state index contributed by atoms with van der Waals surface area (Å²) in [7, 11) is 1.82. The van der Waals surface area contributed by atoms with Crippen LogP contribution in [0.1, 0.15) is 25.7 Å². The Morgan fingerprint density at radius 2 is 1.82 bits per heavy atom. The van der Waals surface area contributed by atoms with E-state index in [1.165, 1.54) is 39.0 Å². The van der Waals surface area contributed by atoms with Crippen molar-refractivity contribution in [2.75, 3.05) is 39.8 Å². The monoisotopic (exact) mass is 239 g/mol. The van der Waals surface area contributed by atoms with Crippen molar-refractivity contribution in [3.63, 3.8) is 0 Å². The van der Waals surface area contributed by atoms with E-state index in [4.69, 9.17) is 10.5 Å². The summed E-state index contributed by atoms with van der Waals surface area (Å²) in [6.45, 7) is 5.67. The lowest BCUT2D eigenvalue weighted by molar-refractivity contribution is -0.0994. The molecule has 4 nitrogen and oxygen atoms in total. The minimum atomic E-state index is 0.260. The molecule has 17 heavy (non-hydrogen) atoms. The van der Waals surface area contributed by atoms with Crippen LogP contribution in [0, 0.1) is 0 Å². The van der Waals surface area contributed by atoms with Gasteiger partial charge in [-0.05, 0) is 25.7 Å². The molecule has 1 heterocycles. The lowest BCUT2D eigenvalue weighted by atomic mass is 9.72. The average Bonchev–Trinajstić information content (AvgIpc) is 3.14. The second-order valence-corrected chi connectivity index (χ2v) is 5.95. The molecular formula is C13H25N3O. The highest BCUT2D eigenvalue weighted by Gasteiger charge is 2.48. The van der Waals surface area contributed by atoms with Crippen LogP contribution < -0.4 is 5.73 Å². The molecule has 3 fully saturated rings. The van der Waals surface area contributed by atoms with Gasteiger partial charge in [0, 0.05) is 51.4 Å². The van der Waals surface area contributed by atoms with Crippen molar-refractivity contribution in [3.05, 3.63) is 0 Å². The molecule has 3 aliphatic rings. The lowest BCUT2D eigenvalue weighted by Gasteiger charge is -2.55. The molecule has 0 radical (unpaired) electrons. The van der Waals surface area contributed by atoms with Gasteiger partial charge in [0.1, 0.15) is 0 Å². The Balaban J connectivity index is 1.54. The van der Waals surface area contributed by atoms with Gasteiger partial charge in [0.05, 0.1) is 6.10 Å². The van der Waals surface area contributed by atoms with Crippen LogP contribution in [-0.2, 0) is 4.74 Å². The molecule has 0 atom stereocenters. The van der Waals surface area contributed by atoms with Gasteiger partial charge in [-0.15, -0.1) is 0 Å². The first kappa shape index (κ1) is 11.9. The highest BCUT2D eigenvalue weighted by atomic mass is 16.5. The summed E-state index contributed by atoms with van der Waals surface area (Å²) in [4.78, 5) is 5.29. The van der Waals surface area contributed by atoms with Gasteiger partial charge in [0.25, 0.3) is 0 Å². The van der Waals surface area contributed by atoms with E-state index in [1.807, 2.05) is 7.11 Å². The molecule has 1 aliphatic heterocycles. The summed E-state index contributed by atoms with van der Waals surface area (Å²) in [5.41, 5.74) is 6.27. The van der Waals surface area contributed by atoms with E-state index < -0.39 is 0 Å². The highest BCUT2D eigenvalue weighted by Crippen LogP contribution is 2.40. The third-order valence-electron chi connectivity index (χ3n) is 4.98. The Bertz CT molecular complexity index is 266. The highest BCUT2D eigenvalue weighted by molar-refractivity contribution is 5.05. The number of hydrogen-bond acceptors (Lipinski definition) is 4. The first-order chi connectivity index (χ1) is 8.27. The van der Waals surface area contributed by atoms with Crippen LogP contribution in [0.15, 0.2) is 0 Å². The first-order valence-corrected chi connectivity index (χ1v) is 6.99. The van der Waals surface area contributed by atoms with Crippen molar-refractivity contribution in [1.82, 2.24) is 9.80 Å². The van der Waals surface area contributed by atoms with Crippen molar-refractivity contribution < 1.29 is 4.74 Å². The molecule has 0 aromatic rings. The summed E-state index contributed by atoms with van der Waals surface area (Å²) in [6.07, 6.45) is 5.55. The van der Waals surface area contributed by atoms with E-state index >= 15 is 0 Å². The number of nitrogens with zero attached hydrogens (tertiary/aromatic N) is 2. The molecule has 2 N–H and O–H groups in total. The fraction of sp³-hybridized carbons (Fsp3) is 1.00. The van der Waals surface area contributed by atoms with Gasteiger partial charge in [0.2, 0.25) is 0 Å². The quantitative estimate of drug-likeness (QED) is 0.765. The molecule has 4 heteroatoms. The van der Waals surface area contributed by atoms with Crippen LogP contribution in [0.3, 0.4) is 0 Å². The van der Waals surface area contributed by atoms with Crippen LogP contribution in [0.25, 0.3) is 0 Å². The normalized spacial score (nSPS) is 40.2. The third-order valence-corrected chi connectivity index (χ3v) is 4.98. The molecule has 1 saturated heterocycles. The minimum absolute atomic E-state index is 0.260. The summed E-state index contributed by atoms with van der Waals surface area (Å²) < 4.78 is 5.41. The van der Waals surface area contributed by atoms with Gasteiger partial charge < -0.3 is 10.5 Å². The Morgan fingerprint density at radius 3 is 2.29 bits per heavy atom. The van der Waals surface area contributed by atoms with Crippen molar-refractivity contribution in [2.45, 2.75) is 43.4 Å². The average molecular weight is 239 g/mol. The molecule has 0 amide bonds. The zero-order valence-corrected chi connectivity index (χ0v) is 10.9. The Labute approximate surface area is 104 Å². The smallest absolute Gasteiger partial charge is 0.0607 e. The van der Waals surface area contributed by atoms with Gasteiger partial charge in [-0.3, -0.25) is 9.80 Å². The zero-order valence-electron chi connectivity index (χ0n) is 10.9. The molecule has 0 unspecified atom stereocenters.